The summed E-state index contributed by atoms with van der Waals surface area (Å²) in [5, 5.41) is 3.22. The van der Waals surface area contributed by atoms with Crippen molar-refractivity contribution in [2.24, 2.45) is 0 Å². The van der Waals surface area contributed by atoms with Crippen LogP contribution in [0.25, 0.3) is 11.1 Å². The molecule has 104 valence electrons. The largest absolute Gasteiger partial charge is 0.350 e. The molecule has 1 heterocycles. The summed E-state index contributed by atoms with van der Waals surface area (Å²) in [5.74, 6) is 0.655. The smallest absolute Gasteiger partial charge is 0.222 e. The number of hydrogen-bond acceptors (Lipinski definition) is 3. The van der Waals surface area contributed by atoms with Gasteiger partial charge in [0.05, 0.1) is 0 Å². The van der Waals surface area contributed by atoms with E-state index in [-0.39, 0.29) is 0 Å². The fraction of sp³-hybridized carbons (Fsp3) is 0.0588. The molecule has 0 aliphatic rings. The minimum atomic E-state index is 0.655. The van der Waals surface area contributed by atoms with E-state index < -0.39 is 0 Å². The van der Waals surface area contributed by atoms with Crippen LogP contribution in [-0.4, -0.2) is 9.97 Å². The Morgan fingerprint density at radius 1 is 0.810 bits per heavy atom. The third kappa shape index (κ3) is 3.78. The van der Waals surface area contributed by atoms with E-state index in [4.69, 9.17) is 0 Å². The normalized spacial score (nSPS) is 10.3. The van der Waals surface area contributed by atoms with Crippen LogP contribution in [0, 0.1) is 3.57 Å². The lowest BCUT2D eigenvalue weighted by molar-refractivity contribution is 1.05. The van der Waals surface area contributed by atoms with Crippen LogP contribution < -0.4 is 5.32 Å². The summed E-state index contributed by atoms with van der Waals surface area (Å²) in [6.45, 7) is 0.718. The van der Waals surface area contributed by atoms with E-state index in [0.29, 0.717) is 5.95 Å². The van der Waals surface area contributed by atoms with E-state index in [0.717, 1.165) is 10.1 Å². The Morgan fingerprint density at radius 2 is 1.43 bits per heavy atom. The second kappa shape index (κ2) is 6.67. The minimum Gasteiger partial charge on any atom is -0.350 e. The Hall–Kier alpha value is -1.95. The van der Waals surface area contributed by atoms with Crippen molar-refractivity contribution >= 4 is 28.5 Å². The Kier molecular flexibility index (Phi) is 4.45. The van der Waals surface area contributed by atoms with E-state index in [1.165, 1.54) is 16.7 Å². The fourth-order valence-corrected chi connectivity index (χ4v) is 2.31. The van der Waals surface area contributed by atoms with Gasteiger partial charge in [0.1, 0.15) is 0 Å². The molecule has 21 heavy (non-hydrogen) atoms. The molecule has 0 atom stereocenters. The van der Waals surface area contributed by atoms with Crippen molar-refractivity contribution in [2.45, 2.75) is 6.54 Å². The highest BCUT2D eigenvalue weighted by molar-refractivity contribution is 14.1. The maximum Gasteiger partial charge on any atom is 0.222 e. The molecular weight excluding hydrogens is 373 g/mol. The zero-order valence-electron chi connectivity index (χ0n) is 11.3. The molecule has 0 radical (unpaired) electrons. The van der Waals surface area contributed by atoms with Gasteiger partial charge in [-0.15, -0.1) is 0 Å². The molecule has 3 aromatic rings. The van der Waals surface area contributed by atoms with Crippen molar-refractivity contribution in [3.63, 3.8) is 0 Å². The lowest BCUT2D eigenvalue weighted by atomic mass is 10.0. The second-order valence-electron chi connectivity index (χ2n) is 4.64. The van der Waals surface area contributed by atoms with Gasteiger partial charge in [-0.2, -0.15) is 0 Å². The minimum absolute atomic E-state index is 0.655. The van der Waals surface area contributed by atoms with E-state index in [9.17, 15) is 0 Å². The number of hydrogen-bond donors (Lipinski definition) is 1. The predicted molar refractivity (Wildman–Crippen MR) is 94.0 cm³/mol. The molecule has 0 aliphatic carbocycles. The molecule has 1 N–H and O–H groups in total. The number of aromatic nitrogens is 2. The van der Waals surface area contributed by atoms with Crippen molar-refractivity contribution < 1.29 is 0 Å². The summed E-state index contributed by atoms with van der Waals surface area (Å²) in [7, 11) is 0. The van der Waals surface area contributed by atoms with Crippen LogP contribution in [0.4, 0.5) is 5.95 Å². The predicted octanol–water partition coefficient (Wildman–Crippen LogP) is 4.36. The first kappa shape index (κ1) is 14.0. The fourth-order valence-electron chi connectivity index (χ4n) is 2.03. The van der Waals surface area contributed by atoms with Crippen LogP contribution in [0.2, 0.25) is 0 Å². The molecule has 0 bridgehead atoms. The van der Waals surface area contributed by atoms with Gasteiger partial charge in [-0.3, -0.25) is 0 Å². The maximum atomic E-state index is 4.23. The summed E-state index contributed by atoms with van der Waals surface area (Å²) in [4.78, 5) is 8.46. The summed E-state index contributed by atoms with van der Waals surface area (Å²) < 4.78 is 1.03. The lowest BCUT2D eigenvalue weighted by Gasteiger charge is -2.06. The third-order valence-electron chi connectivity index (χ3n) is 3.13. The summed E-state index contributed by atoms with van der Waals surface area (Å²) in [6.07, 6.45) is 3.60. The quantitative estimate of drug-likeness (QED) is 0.676. The van der Waals surface area contributed by atoms with Crippen LogP contribution in [-0.2, 0) is 6.54 Å². The molecule has 0 saturated heterocycles. The van der Waals surface area contributed by atoms with Gasteiger partial charge in [0.15, 0.2) is 0 Å². The standard InChI is InChI=1S/C17H14IN3/c18-16-11-20-17(21-12-16)19-10-13-6-8-15(9-7-13)14-4-2-1-3-5-14/h1-9,11-12H,10H2,(H,19,20,21). The first-order chi connectivity index (χ1) is 10.3. The first-order valence-corrected chi connectivity index (χ1v) is 7.75. The Morgan fingerprint density at radius 3 is 2.10 bits per heavy atom. The van der Waals surface area contributed by atoms with Crippen molar-refractivity contribution in [2.75, 3.05) is 5.32 Å². The number of rotatable bonds is 4. The molecule has 2 aromatic carbocycles. The lowest BCUT2D eigenvalue weighted by Crippen LogP contribution is -2.03. The first-order valence-electron chi connectivity index (χ1n) is 6.67. The average molecular weight is 387 g/mol. The highest BCUT2D eigenvalue weighted by Crippen LogP contribution is 2.19. The van der Waals surface area contributed by atoms with Crippen LogP contribution >= 0.6 is 22.6 Å². The van der Waals surface area contributed by atoms with E-state index >= 15 is 0 Å². The summed E-state index contributed by atoms with van der Waals surface area (Å²) in [5.41, 5.74) is 3.67. The Bertz CT molecular complexity index is 694. The van der Waals surface area contributed by atoms with Crippen molar-refractivity contribution in [1.82, 2.24) is 9.97 Å². The molecule has 0 saturated carbocycles. The van der Waals surface area contributed by atoms with Gasteiger partial charge >= 0.3 is 0 Å². The van der Waals surface area contributed by atoms with Crippen molar-refractivity contribution in [3.05, 3.63) is 76.1 Å². The molecule has 0 fully saturated rings. The monoisotopic (exact) mass is 387 g/mol. The van der Waals surface area contributed by atoms with Gasteiger partial charge in [0, 0.05) is 22.5 Å². The molecule has 0 unspecified atom stereocenters. The third-order valence-corrected chi connectivity index (χ3v) is 3.69. The van der Waals surface area contributed by atoms with Crippen molar-refractivity contribution in [1.29, 1.82) is 0 Å². The van der Waals surface area contributed by atoms with Gasteiger partial charge in [-0.05, 0) is 39.3 Å². The van der Waals surface area contributed by atoms with E-state index in [1.807, 2.05) is 6.07 Å². The molecule has 0 aliphatic heterocycles. The molecular formula is C17H14IN3. The number of anilines is 1. The topological polar surface area (TPSA) is 37.8 Å². The molecule has 4 heteroatoms. The van der Waals surface area contributed by atoms with Gasteiger partial charge < -0.3 is 5.32 Å². The van der Waals surface area contributed by atoms with Crippen molar-refractivity contribution in [3.8, 4) is 11.1 Å². The van der Waals surface area contributed by atoms with Crippen LogP contribution in [0.5, 0.6) is 0 Å². The number of nitrogens with one attached hydrogen (secondary N) is 1. The molecule has 0 amide bonds. The van der Waals surface area contributed by atoms with Gasteiger partial charge in [0.2, 0.25) is 5.95 Å². The number of halogens is 1. The summed E-state index contributed by atoms with van der Waals surface area (Å²) >= 11 is 2.19. The molecule has 3 rings (SSSR count). The highest BCUT2D eigenvalue weighted by Gasteiger charge is 1.99. The van der Waals surface area contributed by atoms with Gasteiger partial charge in [0.25, 0.3) is 0 Å². The Balaban J connectivity index is 1.66. The van der Waals surface area contributed by atoms with Crippen LogP contribution in [0.15, 0.2) is 67.0 Å². The second-order valence-corrected chi connectivity index (χ2v) is 5.89. The van der Waals surface area contributed by atoms with Gasteiger partial charge in [-0.25, -0.2) is 9.97 Å². The maximum absolute atomic E-state index is 4.23. The highest BCUT2D eigenvalue weighted by atomic mass is 127. The van der Waals surface area contributed by atoms with E-state index in [2.05, 4.69) is 86.4 Å². The van der Waals surface area contributed by atoms with Crippen LogP contribution in [0.3, 0.4) is 0 Å². The van der Waals surface area contributed by atoms with Gasteiger partial charge in [-0.1, -0.05) is 54.6 Å². The molecule has 0 spiro atoms. The zero-order valence-corrected chi connectivity index (χ0v) is 13.5. The Labute approximate surface area is 137 Å². The van der Waals surface area contributed by atoms with Crippen LogP contribution in [0.1, 0.15) is 5.56 Å². The number of benzene rings is 2. The molecule has 3 nitrogen and oxygen atoms in total. The van der Waals surface area contributed by atoms with E-state index in [1.54, 1.807) is 12.4 Å². The number of nitrogens with zero attached hydrogens (tertiary/aromatic N) is 2. The zero-order chi connectivity index (χ0) is 14.5. The summed E-state index contributed by atoms with van der Waals surface area (Å²) in [6, 6.07) is 18.9. The SMILES string of the molecule is Ic1cnc(NCc2ccc(-c3ccccc3)cc2)nc1. The molecule has 1 aromatic heterocycles. The average Bonchev–Trinajstić information content (AvgIpc) is 2.56.